The third-order valence-electron chi connectivity index (χ3n) is 4.19. The fourth-order valence-electron chi connectivity index (χ4n) is 2.66. The first-order valence-corrected chi connectivity index (χ1v) is 10.1. The number of sulfonamides is 1. The van der Waals surface area contributed by atoms with Crippen LogP contribution in [0.25, 0.3) is 0 Å². The lowest BCUT2D eigenvalue weighted by Crippen LogP contribution is -2.21. The lowest BCUT2D eigenvalue weighted by atomic mass is 10.00. The van der Waals surface area contributed by atoms with E-state index in [0.717, 1.165) is 15.4 Å². The molecule has 0 saturated carbocycles. The number of furan rings is 1. The van der Waals surface area contributed by atoms with Crippen LogP contribution < -0.4 is 0 Å². The van der Waals surface area contributed by atoms with Crippen LogP contribution in [-0.2, 0) is 27.8 Å². The molecule has 0 saturated heterocycles. The van der Waals surface area contributed by atoms with Crippen molar-refractivity contribution < 1.29 is 22.4 Å². The summed E-state index contributed by atoms with van der Waals surface area (Å²) in [5.41, 5.74) is 2.42. The van der Waals surface area contributed by atoms with Crippen LogP contribution in [-0.4, -0.2) is 32.8 Å². The van der Waals surface area contributed by atoms with Crippen LogP contribution in [0.1, 0.15) is 27.2 Å². The van der Waals surface area contributed by atoms with E-state index >= 15 is 0 Å². The summed E-state index contributed by atoms with van der Waals surface area (Å²) in [4.78, 5) is 12.6. The van der Waals surface area contributed by atoms with Crippen molar-refractivity contribution in [2.75, 3.05) is 14.1 Å². The fourth-order valence-corrected chi connectivity index (χ4v) is 3.47. The standard InChI is InChI=1S/C21H21NO5S/c1-22(2)28(24,25)20-13-12-18(27-20)15-26-21(23)19-11-7-6-10-17(19)14-16-8-4-3-5-9-16/h3-13H,14-15H2,1-2H3. The van der Waals surface area contributed by atoms with Gasteiger partial charge >= 0.3 is 5.97 Å². The summed E-state index contributed by atoms with van der Waals surface area (Å²) in [5, 5.41) is -0.187. The summed E-state index contributed by atoms with van der Waals surface area (Å²) in [6, 6.07) is 19.9. The number of hydrogen-bond acceptors (Lipinski definition) is 5. The highest BCUT2D eigenvalue weighted by molar-refractivity contribution is 7.88. The van der Waals surface area contributed by atoms with Crippen LogP contribution in [0.3, 0.4) is 0 Å². The molecule has 0 atom stereocenters. The van der Waals surface area contributed by atoms with E-state index in [-0.39, 0.29) is 17.5 Å². The van der Waals surface area contributed by atoms with Gasteiger partial charge < -0.3 is 9.15 Å². The number of benzene rings is 2. The molecule has 146 valence electrons. The van der Waals surface area contributed by atoms with Gasteiger partial charge in [-0.1, -0.05) is 48.5 Å². The highest BCUT2D eigenvalue weighted by Gasteiger charge is 2.22. The molecule has 0 aliphatic rings. The maximum absolute atomic E-state index is 12.6. The lowest BCUT2D eigenvalue weighted by Gasteiger charge is -2.10. The largest absolute Gasteiger partial charge is 0.454 e. The molecule has 6 nitrogen and oxygen atoms in total. The van der Waals surface area contributed by atoms with E-state index in [1.54, 1.807) is 12.1 Å². The molecule has 0 amide bonds. The number of carbonyl (C=O) groups excluding carboxylic acids is 1. The van der Waals surface area contributed by atoms with Gasteiger partial charge in [-0.3, -0.25) is 0 Å². The smallest absolute Gasteiger partial charge is 0.338 e. The van der Waals surface area contributed by atoms with Gasteiger partial charge in [-0.15, -0.1) is 0 Å². The van der Waals surface area contributed by atoms with Gasteiger partial charge in [0.2, 0.25) is 5.09 Å². The second-order valence-electron chi connectivity index (χ2n) is 6.40. The maximum atomic E-state index is 12.6. The van der Waals surface area contributed by atoms with Crippen molar-refractivity contribution in [3.05, 3.63) is 89.2 Å². The van der Waals surface area contributed by atoms with Crippen molar-refractivity contribution in [1.82, 2.24) is 4.31 Å². The van der Waals surface area contributed by atoms with Gasteiger partial charge in [-0.2, -0.15) is 0 Å². The van der Waals surface area contributed by atoms with Gasteiger partial charge in [0.1, 0.15) is 12.4 Å². The zero-order valence-corrected chi connectivity index (χ0v) is 16.5. The van der Waals surface area contributed by atoms with Crippen LogP contribution in [0.15, 0.2) is 76.2 Å². The molecule has 0 spiro atoms. The van der Waals surface area contributed by atoms with E-state index in [9.17, 15) is 13.2 Å². The summed E-state index contributed by atoms with van der Waals surface area (Å²) >= 11 is 0. The third kappa shape index (κ3) is 4.49. The monoisotopic (exact) mass is 399 g/mol. The van der Waals surface area contributed by atoms with E-state index in [1.807, 2.05) is 42.5 Å². The highest BCUT2D eigenvalue weighted by Crippen LogP contribution is 2.19. The Morgan fingerprint density at radius 1 is 0.964 bits per heavy atom. The first-order chi connectivity index (χ1) is 13.4. The van der Waals surface area contributed by atoms with Crippen LogP contribution in [0, 0.1) is 0 Å². The number of hydrogen-bond donors (Lipinski definition) is 0. The summed E-state index contributed by atoms with van der Waals surface area (Å²) in [6.07, 6.45) is 0.609. The van der Waals surface area contributed by atoms with Gasteiger partial charge in [-0.25, -0.2) is 17.5 Å². The number of ether oxygens (including phenoxy) is 1. The topological polar surface area (TPSA) is 76.8 Å². The third-order valence-corrected chi connectivity index (χ3v) is 5.88. The Bertz CT molecular complexity index is 1060. The molecule has 3 rings (SSSR count). The first kappa shape index (κ1) is 19.9. The Balaban J connectivity index is 1.70. The molecule has 0 bridgehead atoms. The zero-order chi connectivity index (χ0) is 20.1. The van der Waals surface area contributed by atoms with Crippen molar-refractivity contribution in [3.8, 4) is 0 Å². The SMILES string of the molecule is CN(C)S(=O)(=O)c1ccc(COC(=O)c2ccccc2Cc2ccccc2)o1. The predicted octanol–water partition coefficient (Wildman–Crippen LogP) is 3.48. The van der Waals surface area contributed by atoms with E-state index in [2.05, 4.69) is 0 Å². The zero-order valence-electron chi connectivity index (χ0n) is 15.7. The number of rotatable bonds is 7. The molecule has 3 aromatic rings. The van der Waals surface area contributed by atoms with Gasteiger partial charge in [-0.05, 0) is 35.7 Å². The quantitative estimate of drug-likeness (QED) is 0.569. The van der Waals surface area contributed by atoms with E-state index in [1.165, 1.54) is 26.2 Å². The van der Waals surface area contributed by atoms with E-state index < -0.39 is 16.0 Å². The molecular weight excluding hydrogens is 378 g/mol. The molecule has 0 unspecified atom stereocenters. The van der Waals surface area contributed by atoms with E-state index in [0.29, 0.717) is 12.0 Å². The Labute approximate surface area is 164 Å². The van der Waals surface area contributed by atoms with Crippen LogP contribution in [0.2, 0.25) is 0 Å². The second-order valence-corrected chi connectivity index (χ2v) is 8.49. The Hall–Kier alpha value is -2.90. The van der Waals surface area contributed by atoms with Gasteiger partial charge in [0.15, 0.2) is 0 Å². The van der Waals surface area contributed by atoms with Gasteiger partial charge in [0, 0.05) is 14.1 Å². The van der Waals surface area contributed by atoms with Crippen molar-refractivity contribution in [2.24, 2.45) is 0 Å². The number of carbonyl (C=O) groups is 1. The molecule has 2 aromatic carbocycles. The highest BCUT2D eigenvalue weighted by atomic mass is 32.2. The van der Waals surface area contributed by atoms with Crippen LogP contribution in [0.5, 0.6) is 0 Å². The molecule has 1 heterocycles. The minimum Gasteiger partial charge on any atom is -0.454 e. The normalized spacial score (nSPS) is 11.5. The second kappa shape index (κ2) is 8.41. The van der Waals surface area contributed by atoms with Crippen molar-refractivity contribution >= 4 is 16.0 Å². The van der Waals surface area contributed by atoms with E-state index in [4.69, 9.17) is 9.15 Å². The number of nitrogens with zero attached hydrogens (tertiary/aromatic N) is 1. The molecule has 0 radical (unpaired) electrons. The average Bonchev–Trinajstić information content (AvgIpc) is 3.17. The summed E-state index contributed by atoms with van der Waals surface area (Å²) in [5.74, 6) is -0.228. The summed E-state index contributed by atoms with van der Waals surface area (Å²) in [7, 11) is -0.826. The van der Waals surface area contributed by atoms with Crippen molar-refractivity contribution in [2.45, 2.75) is 18.1 Å². The molecular formula is C21H21NO5S. The minimum absolute atomic E-state index is 0.151. The molecule has 28 heavy (non-hydrogen) atoms. The maximum Gasteiger partial charge on any atom is 0.338 e. The van der Waals surface area contributed by atoms with Crippen molar-refractivity contribution in [1.29, 1.82) is 0 Å². The van der Waals surface area contributed by atoms with Gasteiger partial charge in [0.25, 0.3) is 10.0 Å². The Morgan fingerprint density at radius 3 is 2.36 bits per heavy atom. The fraction of sp³-hybridized carbons (Fsp3) is 0.190. The predicted molar refractivity (Wildman–Crippen MR) is 104 cm³/mol. The minimum atomic E-state index is -3.66. The van der Waals surface area contributed by atoms with Crippen molar-refractivity contribution in [3.63, 3.8) is 0 Å². The first-order valence-electron chi connectivity index (χ1n) is 8.68. The average molecular weight is 399 g/mol. The summed E-state index contributed by atoms with van der Waals surface area (Å²) in [6.45, 7) is -0.151. The van der Waals surface area contributed by atoms with Gasteiger partial charge in [0.05, 0.1) is 5.56 Å². The Kier molecular flexibility index (Phi) is 5.96. The molecule has 0 fully saturated rings. The molecule has 0 N–H and O–H groups in total. The molecule has 1 aromatic heterocycles. The molecule has 7 heteroatoms. The summed E-state index contributed by atoms with van der Waals surface area (Å²) < 4.78 is 35.8. The molecule has 0 aliphatic heterocycles. The lowest BCUT2D eigenvalue weighted by molar-refractivity contribution is 0.0439. The molecule has 0 aliphatic carbocycles. The van der Waals surface area contributed by atoms with Crippen LogP contribution >= 0.6 is 0 Å². The Morgan fingerprint density at radius 2 is 1.64 bits per heavy atom. The van der Waals surface area contributed by atoms with Crippen LogP contribution in [0.4, 0.5) is 0 Å². The number of esters is 1.